The summed E-state index contributed by atoms with van der Waals surface area (Å²) in [5.41, 5.74) is 4.09. The van der Waals surface area contributed by atoms with Gasteiger partial charge in [-0.3, -0.25) is 9.48 Å². The minimum absolute atomic E-state index is 0.00608. The van der Waals surface area contributed by atoms with Crippen molar-refractivity contribution in [3.05, 3.63) is 95.3 Å². The van der Waals surface area contributed by atoms with Crippen molar-refractivity contribution in [1.29, 1.82) is 0 Å². The molecule has 2 unspecified atom stereocenters. The molecule has 3 aromatic heterocycles. The van der Waals surface area contributed by atoms with Gasteiger partial charge in [0.1, 0.15) is 6.10 Å². The van der Waals surface area contributed by atoms with Gasteiger partial charge in [0.15, 0.2) is 0 Å². The number of fused-ring (bicyclic) bond motifs is 1. The van der Waals surface area contributed by atoms with Gasteiger partial charge in [-0.1, -0.05) is 49.4 Å². The molecule has 0 saturated carbocycles. The molecular formula is C27H32N6O2. The molecule has 0 amide bonds. The Balaban J connectivity index is 0.000000421. The number of hydrogen-bond donors (Lipinski definition) is 2. The van der Waals surface area contributed by atoms with Gasteiger partial charge in [0.05, 0.1) is 18.4 Å². The third kappa shape index (κ3) is 6.58. The van der Waals surface area contributed by atoms with Gasteiger partial charge in [0.2, 0.25) is 11.4 Å². The van der Waals surface area contributed by atoms with Crippen molar-refractivity contribution in [3.63, 3.8) is 0 Å². The third-order valence-electron chi connectivity index (χ3n) is 5.85. The van der Waals surface area contributed by atoms with Crippen LogP contribution >= 0.6 is 0 Å². The molecule has 0 spiro atoms. The predicted molar refractivity (Wildman–Crippen MR) is 139 cm³/mol. The SMILES string of the molecule is CC(CNCC1CNc2cc(-c3cnn(C)c3)cnc2O1)c1ccc(=O)n(C)c1.c1ccccc1. The number of benzene rings is 1. The number of pyridine rings is 2. The standard InChI is InChI=1S/C21H26N6O2.C6H6/c1-14(15-4-5-20(28)26(2)12-15)7-22-10-18-11-23-19-6-16(8-24-21(19)29-18)17-9-25-27(3)13-17;1-2-4-6-5-3-1/h4-6,8-9,12-14,18,22-23H,7,10-11H2,1-3H3;1-6H. The highest BCUT2D eigenvalue weighted by Gasteiger charge is 2.21. The Morgan fingerprint density at radius 2 is 1.83 bits per heavy atom. The first-order valence-electron chi connectivity index (χ1n) is 11.8. The van der Waals surface area contributed by atoms with Crippen molar-refractivity contribution in [1.82, 2.24) is 24.6 Å². The van der Waals surface area contributed by atoms with Gasteiger partial charge in [-0.15, -0.1) is 0 Å². The fraction of sp³-hybridized carbons (Fsp3) is 0.296. The lowest BCUT2D eigenvalue weighted by Gasteiger charge is -2.27. The van der Waals surface area contributed by atoms with E-state index in [1.807, 2.05) is 80.4 Å². The van der Waals surface area contributed by atoms with Crippen LogP contribution in [0.3, 0.4) is 0 Å². The molecule has 0 aliphatic carbocycles. The lowest BCUT2D eigenvalue weighted by atomic mass is 10.0. The smallest absolute Gasteiger partial charge is 0.250 e. The van der Waals surface area contributed by atoms with E-state index in [9.17, 15) is 4.79 Å². The third-order valence-corrected chi connectivity index (χ3v) is 5.85. The maximum absolute atomic E-state index is 11.5. The molecule has 0 radical (unpaired) electrons. The highest BCUT2D eigenvalue weighted by atomic mass is 16.5. The van der Waals surface area contributed by atoms with Crippen molar-refractivity contribution >= 4 is 5.69 Å². The summed E-state index contributed by atoms with van der Waals surface area (Å²) in [6.07, 6.45) is 7.51. The van der Waals surface area contributed by atoms with Crippen LogP contribution in [0.1, 0.15) is 18.4 Å². The first kappa shape index (κ1) is 24.2. The monoisotopic (exact) mass is 472 g/mol. The Morgan fingerprint density at radius 3 is 2.49 bits per heavy atom. The van der Waals surface area contributed by atoms with Gasteiger partial charge < -0.3 is 19.9 Å². The van der Waals surface area contributed by atoms with Crippen molar-refractivity contribution in [2.45, 2.75) is 18.9 Å². The zero-order chi connectivity index (χ0) is 24.6. The minimum atomic E-state index is 0.00608. The molecule has 5 rings (SSSR count). The number of ether oxygens (including phenoxy) is 1. The first-order valence-corrected chi connectivity index (χ1v) is 11.8. The van der Waals surface area contributed by atoms with Crippen LogP contribution in [0.15, 0.2) is 84.2 Å². The molecule has 8 heteroatoms. The Labute approximate surface area is 205 Å². The minimum Gasteiger partial charge on any atom is -0.470 e. The molecule has 0 fully saturated rings. The molecule has 35 heavy (non-hydrogen) atoms. The number of anilines is 1. The van der Waals surface area contributed by atoms with Crippen LogP contribution in [0, 0.1) is 0 Å². The molecule has 1 aromatic carbocycles. The zero-order valence-electron chi connectivity index (χ0n) is 20.4. The molecule has 182 valence electrons. The highest BCUT2D eigenvalue weighted by Crippen LogP contribution is 2.31. The Hall–Kier alpha value is -3.91. The van der Waals surface area contributed by atoms with Crippen molar-refractivity contribution < 1.29 is 4.74 Å². The van der Waals surface area contributed by atoms with Crippen LogP contribution in [0.5, 0.6) is 5.88 Å². The number of rotatable bonds is 6. The van der Waals surface area contributed by atoms with Crippen LogP contribution in [0.2, 0.25) is 0 Å². The molecule has 0 saturated heterocycles. The number of aromatic nitrogens is 4. The summed E-state index contributed by atoms with van der Waals surface area (Å²) in [7, 11) is 3.67. The second-order valence-electron chi connectivity index (χ2n) is 8.73. The average molecular weight is 473 g/mol. The Kier molecular flexibility index (Phi) is 7.95. The maximum atomic E-state index is 11.5. The van der Waals surface area contributed by atoms with E-state index < -0.39 is 0 Å². The van der Waals surface area contributed by atoms with Gasteiger partial charge in [-0.25, -0.2) is 4.98 Å². The van der Waals surface area contributed by atoms with E-state index in [0.717, 1.165) is 28.9 Å². The zero-order valence-corrected chi connectivity index (χ0v) is 20.4. The Morgan fingerprint density at radius 1 is 1.09 bits per heavy atom. The summed E-state index contributed by atoms with van der Waals surface area (Å²) < 4.78 is 9.44. The summed E-state index contributed by atoms with van der Waals surface area (Å²) in [4.78, 5) is 16.0. The molecular weight excluding hydrogens is 440 g/mol. The summed E-state index contributed by atoms with van der Waals surface area (Å²) in [6.45, 7) is 4.38. The number of nitrogens with zero attached hydrogens (tertiary/aromatic N) is 4. The fourth-order valence-electron chi connectivity index (χ4n) is 3.81. The first-order chi connectivity index (χ1) is 17.0. The second kappa shape index (κ2) is 11.5. The summed E-state index contributed by atoms with van der Waals surface area (Å²) in [5.74, 6) is 0.924. The molecule has 4 heterocycles. The van der Waals surface area contributed by atoms with Crippen LogP contribution in [-0.4, -0.2) is 45.1 Å². The van der Waals surface area contributed by atoms with E-state index in [0.29, 0.717) is 24.9 Å². The molecule has 2 atom stereocenters. The molecule has 4 aromatic rings. The van der Waals surface area contributed by atoms with E-state index in [4.69, 9.17) is 4.74 Å². The van der Waals surface area contributed by atoms with Gasteiger partial charge in [0, 0.05) is 63.0 Å². The van der Waals surface area contributed by atoms with Gasteiger partial charge in [-0.2, -0.15) is 5.10 Å². The topological polar surface area (TPSA) is 86.0 Å². The Bertz CT molecular complexity index is 1260. The van der Waals surface area contributed by atoms with Crippen LogP contribution in [0.4, 0.5) is 5.69 Å². The van der Waals surface area contributed by atoms with E-state index in [1.165, 1.54) is 0 Å². The number of aryl methyl sites for hydroxylation is 2. The van der Waals surface area contributed by atoms with E-state index in [-0.39, 0.29) is 11.7 Å². The molecule has 1 aliphatic heterocycles. The fourth-order valence-corrected chi connectivity index (χ4v) is 3.81. The molecule has 1 aliphatic rings. The lowest BCUT2D eigenvalue weighted by molar-refractivity contribution is 0.193. The molecule has 0 bridgehead atoms. The maximum Gasteiger partial charge on any atom is 0.250 e. The highest BCUT2D eigenvalue weighted by molar-refractivity contribution is 5.69. The van der Waals surface area contributed by atoms with Crippen LogP contribution < -0.4 is 20.9 Å². The van der Waals surface area contributed by atoms with Gasteiger partial charge in [-0.05, 0) is 17.5 Å². The summed E-state index contributed by atoms with van der Waals surface area (Å²) in [5, 5.41) is 11.1. The van der Waals surface area contributed by atoms with Crippen LogP contribution in [0.25, 0.3) is 11.1 Å². The van der Waals surface area contributed by atoms with Gasteiger partial charge >= 0.3 is 0 Å². The van der Waals surface area contributed by atoms with E-state index in [1.54, 1.807) is 22.4 Å². The van der Waals surface area contributed by atoms with Gasteiger partial charge in [0.25, 0.3) is 0 Å². The molecule has 2 N–H and O–H groups in total. The average Bonchev–Trinajstić information content (AvgIpc) is 3.33. The van der Waals surface area contributed by atoms with Crippen LogP contribution in [-0.2, 0) is 14.1 Å². The normalized spacial score (nSPS) is 15.1. The second-order valence-corrected chi connectivity index (χ2v) is 8.73. The quantitative estimate of drug-likeness (QED) is 0.447. The van der Waals surface area contributed by atoms with Crippen molar-refractivity contribution in [2.24, 2.45) is 14.1 Å². The van der Waals surface area contributed by atoms with E-state index >= 15 is 0 Å². The summed E-state index contributed by atoms with van der Waals surface area (Å²) >= 11 is 0. The lowest BCUT2D eigenvalue weighted by Crippen LogP contribution is -2.40. The number of nitrogens with one attached hydrogen (secondary N) is 2. The van der Waals surface area contributed by atoms with Crippen molar-refractivity contribution in [2.75, 3.05) is 25.0 Å². The predicted octanol–water partition coefficient (Wildman–Crippen LogP) is 3.43. The van der Waals surface area contributed by atoms with E-state index in [2.05, 4.69) is 27.6 Å². The number of hydrogen-bond acceptors (Lipinski definition) is 6. The van der Waals surface area contributed by atoms with Crippen molar-refractivity contribution in [3.8, 4) is 17.0 Å². The largest absolute Gasteiger partial charge is 0.470 e. The summed E-state index contributed by atoms with van der Waals surface area (Å²) in [6, 6.07) is 17.6. The molecule has 8 nitrogen and oxygen atoms in total.